The number of pyridine rings is 1. The van der Waals surface area contributed by atoms with Gasteiger partial charge in [0.15, 0.2) is 0 Å². The smallest absolute Gasteiger partial charge is 0.253 e. The first-order valence-corrected chi connectivity index (χ1v) is 7.91. The van der Waals surface area contributed by atoms with Crippen LogP contribution in [-0.2, 0) is 0 Å². The lowest BCUT2D eigenvalue weighted by Crippen LogP contribution is -2.34. The minimum absolute atomic E-state index is 0.0529. The molecule has 0 spiro atoms. The molecule has 0 aliphatic heterocycles. The number of amides is 1. The summed E-state index contributed by atoms with van der Waals surface area (Å²) in [4.78, 5) is 16.7. The number of benzene rings is 1. The summed E-state index contributed by atoms with van der Waals surface area (Å²) in [6.07, 6.45) is 6.22. The van der Waals surface area contributed by atoms with Crippen LogP contribution in [0.2, 0.25) is 5.15 Å². The summed E-state index contributed by atoms with van der Waals surface area (Å²) in [5.41, 5.74) is 0.601. The second kappa shape index (κ2) is 6.02. The van der Waals surface area contributed by atoms with Crippen LogP contribution in [0.5, 0.6) is 0 Å². The molecule has 1 aliphatic carbocycles. The first-order chi connectivity index (χ1) is 10.2. The lowest BCUT2D eigenvalue weighted by Gasteiger charge is -2.17. The molecule has 1 aromatic heterocycles. The van der Waals surface area contributed by atoms with Gasteiger partial charge in [-0.15, -0.1) is 0 Å². The van der Waals surface area contributed by atoms with Crippen molar-refractivity contribution in [2.75, 3.05) is 0 Å². The Bertz CT molecular complexity index is 667. The van der Waals surface area contributed by atoms with E-state index in [0.717, 1.165) is 29.5 Å². The van der Waals surface area contributed by atoms with Crippen LogP contribution in [0.25, 0.3) is 10.8 Å². The van der Waals surface area contributed by atoms with Crippen molar-refractivity contribution < 1.29 is 4.79 Å². The highest BCUT2D eigenvalue weighted by atomic mass is 35.5. The Balaban J connectivity index is 1.85. The topological polar surface area (TPSA) is 42.0 Å². The second-order valence-electron chi connectivity index (χ2n) is 5.77. The van der Waals surface area contributed by atoms with Crippen molar-refractivity contribution in [3.8, 4) is 0 Å². The van der Waals surface area contributed by atoms with Crippen LogP contribution < -0.4 is 5.32 Å². The minimum atomic E-state index is -0.0529. The van der Waals surface area contributed by atoms with E-state index in [2.05, 4.69) is 17.2 Å². The van der Waals surface area contributed by atoms with Gasteiger partial charge in [-0.3, -0.25) is 4.79 Å². The van der Waals surface area contributed by atoms with Gasteiger partial charge in [0, 0.05) is 17.6 Å². The van der Waals surface area contributed by atoms with Crippen molar-refractivity contribution in [3.05, 3.63) is 41.2 Å². The zero-order chi connectivity index (χ0) is 14.8. The molecule has 1 saturated carbocycles. The van der Waals surface area contributed by atoms with Crippen LogP contribution >= 0.6 is 11.6 Å². The first kappa shape index (κ1) is 14.3. The number of carbonyl (C=O) groups excluding carboxylic acids is 1. The van der Waals surface area contributed by atoms with Crippen LogP contribution in [0, 0.1) is 5.92 Å². The largest absolute Gasteiger partial charge is 0.349 e. The summed E-state index contributed by atoms with van der Waals surface area (Å²) in [5.74, 6) is 0.748. The lowest BCUT2D eigenvalue weighted by atomic mass is 10.0. The number of fused-ring (bicyclic) bond motifs is 1. The molecule has 0 bridgehead atoms. The Labute approximate surface area is 129 Å². The van der Waals surface area contributed by atoms with Gasteiger partial charge in [-0.1, -0.05) is 55.6 Å². The molecule has 110 valence electrons. The average molecular weight is 303 g/mol. The maximum atomic E-state index is 12.5. The third-order valence-electron chi connectivity index (χ3n) is 4.13. The number of hydrogen-bond donors (Lipinski definition) is 1. The molecular formula is C17H19ClN2O. The van der Waals surface area contributed by atoms with Crippen molar-refractivity contribution in [3.63, 3.8) is 0 Å². The number of aromatic nitrogens is 1. The van der Waals surface area contributed by atoms with Gasteiger partial charge < -0.3 is 5.32 Å². The van der Waals surface area contributed by atoms with Crippen LogP contribution in [-0.4, -0.2) is 16.9 Å². The maximum absolute atomic E-state index is 12.5. The normalized spacial score (nSPS) is 15.9. The summed E-state index contributed by atoms with van der Waals surface area (Å²) in [7, 11) is 0. The van der Waals surface area contributed by atoms with Crippen LogP contribution in [0.4, 0.5) is 0 Å². The molecule has 1 aromatic carbocycles. The molecule has 0 radical (unpaired) electrons. The third-order valence-corrected chi connectivity index (χ3v) is 4.44. The zero-order valence-electron chi connectivity index (χ0n) is 12.1. The predicted molar refractivity (Wildman–Crippen MR) is 85.6 cm³/mol. The standard InChI is InChI=1S/C17H19ClN2O/c1-2-12(9-11-7-8-11)20-17(21)15-10-19-16(18)14-6-4-3-5-13(14)15/h3-6,10-12H,2,7-9H2,1H3,(H,20,21). The second-order valence-corrected chi connectivity index (χ2v) is 6.12. The molecule has 1 fully saturated rings. The molecule has 2 aromatic rings. The lowest BCUT2D eigenvalue weighted by molar-refractivity contribution is 0.0934. The molecule has 1 unspecified atom stereocenters. The van der Waals surface area contributed by atoms with Crippen molar-refractivity contribution >= 4 is 28.3 Å². The molecule has 4 heteroatoms. The van der Waals surface area contributed by atoms with E-state index in [4.69, 9.17) is 11.6 Å². The zero-order valence-corrected chi connectivity index (χ0v) is 12.9. The third kappa shape index (κ3) is 3.18. The fraction of sp³-hybridized carbons (Fsp3) is 0.412. The molecule has 1 N–H and O–H groups in total. The van der Waals surface area contributed by atoms with Crippen molar-refractivity contribution in [2.45, 2.75) is 38.6 Å². The number of nitrogens with one attached hydrogen (secondary N) is 1. The molecule has 3 rings (SSSR count). The van der Waals surface area contributed by atoms with Crippen LogP contribution in [0.1, 0.15) is 43.0 Å². The molecule has 1 heterocycles. The molecular weight excluding hydrogens is 284 g/mol. The van der Waals surface area contributed by atoms with E-state index >= 15 is 0 Å². The van der Waals surface area contributed by atoms with Gasteiger partial charge in [0.1, 0.15) is 5.15 Å². The number of hydrogen-bond acceptors (Lipinski definition) is 2. The van der Waals surface area contributed by atoms with Gasteiger partial charge in [0.05, 0.1) is 5.56 Å². The quantitative estimate of drug-likeness (QED) is 0.841. The van der Waals surface area contributed by atoms with Crippen molar-refractivity contribution in [1.29, 1.82) is 0 Å². The SMILES string of the molecule is CCC(CC1CC1)NC(=O)c1cnc(Cl)c2ccccc12. The van der Waals surface area contributed by atoms with E-state index in [1.807, 2.05) is 24.3 Å². The van der Waals surface area contributed by atoms with Gasteiger partial charge >= 0.3 is 0 Å². The maximum Gasteiger partial charge on any atom is 0.253 e. The highest BCUT2D eigenvalue weighted by Gasteiger charge is 2.26. The molecule has 1 atom stereocenters. The Kier molecular flexibility index (Phi) is 4.11. The fourth-order valence-corrected chi connectivity index (χ4v) is 2.90. The van der Waals surface area contributed by atoms with Crippen molar-refractivity contribution in [2.24, 2.45) is 5.92 Å². The summed E-state index contributed by atoms with van der Waals surface area (Å²) >= 11 is 6.10. The Morgan fingerprint density at radius 1 is 1.38 bits per heavy atom. The van der Waals surface area contributed by atoms with E-state index in [-0.39, 0.29) is 11.9 Å². The van der Waals surface area contributed by atoms with Crippen LogP contribution in [0.3, 0.4) is 0 Å². The average Bonchev–Trinajstić information content (AvgIpc) is 3.31. The summed E-state index contributed by atoms with van der Waals surface area (Å²) in [6, 6.07) is 7.87. The highest BCUT2D eigenvalue weighted by molar-refractivity contribution is 6.34. The van der Waals surface area contributed by atoms with E-state index in [9.17, 15) is 4.79 Å². The van der Waals surface area contributed by atoms with E-state index in [0.29, 0.717) is 10.7 Å². The van der Waals surface area contributed by atoms with Gasteiger partial charge in [-0.05, 0) is 24.1 Å². The van der Waals surface area contributed by atoms with Gasteiger partial charge in [0.25, 0.3) is 5.91 Å². The minimum Gasteiger partial charge on any atom is -0.349 e. The molecule has 21 heavy (non-hydrogen) atoms. The van der Waals surface area contributed by atoms with Gasteiger partial charge in [0.2, 0.25) is 0 Å². The van der Waals surface area contributed by atoms with Gasteiger partial charge in [-0.2, -0.15) is 0 Å². The summed E-state index contributed by atoms with van der Waals surface area (Å²) in [6.45, 7) is 2.12. The number of rotatable bonds is 5. The monoisotopic (exact) mass is 302 g/mol. The molecule has 0 saturated heterocycles. The summed E-state index contributed by atoms with van der Waals surface area (Å²) in [5, 5.41) is 5.26. The number of halogens is 1. The molecule has 1 amide bonds. The predicted octanol–water partition coefficient (Wildman–Crippen LogP) is 4.20. The Morgan fingerprint density at radius 2 is 2.10 bits per heavy atom. The van der Waals surface area contributed by atoms with E-state index in [1.165, 1.54) is 12.8 Å². The van der Waals surface area contributed by atoms with E-state index in [1.54, 1.807) is 6.20 Å². The van der Waals surface area contributed by atoms with E-state index < -0.39 is 0 Å². The number of nitrogens with zero attached hydrogens (tertiary/aromatic N) is 1. The van der Waals surface area contributed by atoms with Crippen molar-refractivity contribution in [1.82, 2.24) is 10.3 Å². The molecule has 1 aliphatic rings. The van der Waals surface area contributed by atoms with Crippen LogP contribution in [0.15, 0.2) is 30.5 Å². The molecule has 3 nitrogen and oxygen atoms in total. The van der Waals surface area contributed by atoms with Gasteiger partial charge in [-0.25, -0.2) is 4.98 Å². The Morgan fingerprint density at radius 3 is 2.76 bits per heavy atom. The number of carbonyl (C=O) groups is 1. The first-order valence-electron chi connectivity index (χ1n) is 7.53. The fourth-order valence-electron chi connectivity index (χ4n) is 2.69. The Hall–Kier alpha value is -1.61. The highest BCUT2D eigenvalue weighted by Crippen LogP contribution is 2.34. The summed E-state index contributed by atoms with van der Waals surface area (Å²) < 4.78 is 0.